The summed E-state index contributed by atoms with van der Waals surface area (Å²) in [5.41, 5.74) is 6.11. The minimum absolute atomic E-state index is 0.545. The maximum absolute atomic E-state index is 5.32. The minimum Gasteiger partial charge on any atom is -0.292 e. The predicted octanol–water partition coefficient (Wildman–Crippen LogP) is 1.34. The molecule has 0 saturated carbocycles. The van der Waals surface area contributed by atoms with Gasteiger partial charge in [0, 0.05) is 11.4 Å². The molecule has 1 aliphatic rings. The molecular formula is C10H16N4. The summed E-state index contributed by atoms with van der Waals surface area (Å²) in [7, 11) is 0. The maximum Gasteiger partial charge on any atom is 0.237 e. The summed E-state index contributed by atoms with van der Waals surface area (Å²) in [6, 6.07) is 0. The number of nitrogens with zero attached hydrogens (tertiary/aromatic N) is 2. The maximum atomic E-state index is 5.32. The highest BCUT2D eigenvalue weighted by Gasteiger charge is 2.13. The second-order valence-corrected chi connectivity index (χ2v) is 3.76. The van der Waals surface area contributed by atoms with Gasteiger partial charge in [-0.15, -0.1) is 0 Å². The SMILES string of the molecule is Cc1nc(NN)nc2c1CCCCC2. The number of fused-ring (bicyclic) bond motifs is 1. The van der Waals surface area contributed by atoms with Crippen LogP contribution in [0.1, 0.15) is 36.2 Å². The largest absolute Gasteiger partial charge is 0.292 e. The van der Waals surface area contributed by atoms with Gasteiger partial charge in [0.25, 0.3) is 0 Å². The van der Waals surface area contributed by atoms with Gasteiger partial charge < -0.3 is 0 Å². The Kier molecular flexibility index (Phi) is 2.63. The number of aromatic nitrogens is 2. The van der Waals surface area contributed by atoms with Gasteiger partial charge in [-0.3, -0.25) is 5.43 Å². The van der Waals surface area contributed by atoms with Crippen molar-refractivity contribution in [1.29, 1.82) is 0 Å². The number of aryl methyl sites for hydroxylation is 2. The van der Waals surface area contributed by atoms with Crippen molar-refractivity contribution >= 4 is 5.95 Å². The van der Waals surface area contributed by atoms with Crippen molar-refractivity contribution in [3.05, 3.63) is 17.0 Å². The Labute approximate surface area is 83.9 Å². The van der Waals surface area contributed by atoms with Gasteiger partial charge in [0.15, 0.2) is 0 Å². The van der Waals surface area contributed by atoms with Crippen LogP contribution < -0.4 is 11.3 Å². The van der Waals surface area contributed by atoms with E-state index in [2.05, 4.69) is 15.4 Å². The molecule has 0 aliphatic heterocycles. The zero-order valence-electron chi connectivity index (χ0n) is 8.51. The van der Waals surface area contributed by atoms with Gasteiger partial charge >= 0.3 is 0 Å². The van der Waals surface area contributed by atoms with Crippen LogP contribution in [0.25, 0.3) is 0 Å². The fourth-order valence-electron chi connectivity index (χ4n) is 2.02. The third-order valence-electron chi connectivity index (χ3n) is 2.77. The Morgan fingerprint density at radius 2 is 1.93 bits per heavy atom. The van der Waals surface area contributed by atoms with Crippen molar-refractivity contribution in [3.63, 3.8) is 0 Å². The van der Waals surface area contributed by atoms with Crippen molar-refractivity contribution in [2.75, 3.05) is 5.43 Å². The molecule has 0 radical (unpaired) electrons. The molecule has 1 aliphatic carbocycles. The molecule has 2 rings (SSSR count). The normalized spacial score (nSPS) is 15.9. The molecule has 4 nitrogen and oxygen atoms in total. The van der Waals surface area contributed by atoms with Crippen LogP contribution in [-0.2, 0) is 12.8 Å². The third-order valence-corrected chi connectivity index (χ3v) is 2.77. The molecule has 0 amide bonds. The summed E-state index contributed by atoms with van der Waals surface area (Å²) in [5, 5.41) is 0. The fourth-order valence-corrected chi connectivity index (χ4v) is 2.02. The quantitative estimate of drug-likeness (QED) is 0.400. The Morgan fingerprint density at radius 1 is 1.14 bits per heavy atom. The molecule has 0 spiro atoms. The van der Waals surface area contributed by atoms with Crippen LogP contribution in [0.3, 0.4) is 0 Å². The van der Waals surface area contributed by atoms with Gasteiger partial charge in [-0.25, -0.2) is 15.8 Å². The first-order chi connectivity index (χ1) is 6.81. The molecule has 76 valence electrons. The number of nitrogen functional groups attached to an aromatic ring is 1. The standard InChI is InChI=1S/C10H16N4/c1-7-8-5-3-2-4-6-9(8)13-10(12-7)14-11/h2-6,11H2,1H3,(H,12,13,14). The molecule has 0 fully saturated rings. The van der Waals surface area contributed by atoms with E-state index in [0.717, 1.165) is 18.5 Å². The highest BCUT2D eigenvalue weighted by atomic mass is 15.3. The van der Waals surface area contributed by atoms with Crippen molar-refractivity contribution in [1.82, 2.24) is 9.97 Å². The van der Waals surface area contributed by atoms with E-state index in [4.69, 9.17) is 5.84 Å². The van der Waals surface area contributed by atoms with Crippen LogP contribution >= 0.6 is 0 Å². The van der Waals surface area contributed by atoms with Crippen molar-refractivity contribution in [2.24, 2.45) is 5.84 Å². The van der Waals surface area contributed by atoms with Gasteiger partial charge in [0.2, 0.25) is 5.95 Å². The van der Waals surface area contributed by atoms with E-state index in [0.29, 0.717) is 5.95 Å². The van der Waals surface area contributed by atoms with Crippen LogP contribution in [-0.4, -0.2) is 9.97 Å². The first-order valence-corrected chi connectivity index (χ1v) is 5.14. The summed E-state index contributed by atoms with van der Waals surface area (Å²) in [6.07, 6.45) is 5.96. The minimum atomic E-state index is 0.545. The Bertz CT molecular complexity index is 335. The number of rotatable bonds is 1. The van der Waals surface area contributed by atoms with Crippen molar-refractivity contribution in [3.8, 4) is 0 Å². The molecule has 0 bridgehead atoms. The number of nitrogens with two attached hydrogens (primary N) is 1. The Balaban J connectivity index is 2.43. The highest BCUT2D eigenvalue weighted by Crippen LogP contribution is 2.21. The summed E-state index contributed by atoms with van der Waals surface area (Å²) >= 11 is 0. The van der Waals surface area contributed by atoms with E-state index in [1.54, 1.807) is 0 Å². The summed E-state index contributed by atoms with van der Waals surface area (Å²) in [6.45, 7) is 2.03. The van der Waals surface area contributed by atoms with Gasteiger partial charge in [-0.1, -0.05) is 6.42 Å². The smallest absolute Gasteiger partial charge is 0.237 e. The Hall–Kier alpha value is -1.16. The molecule has 4 heteroatoms. The molecule has 1 heterocycles. The van der Waals surface area contributed by atoms with Gasteiger partial charge in [-0.2, -0.15) is 0 Å². The topological polar surface area (TPSA) is 63.8 Å². The lowest BCUT2D eigenvalue weighted by molar-refractivity contribution is 0.708. The van der Waals surface area contributed by atoms with E-state index in [9.17, 15) is 0 Å². The molecule has 0 saturated heterocycles. The van der Waals surface area contributed by atoms with E-state index >= 15 is 0 Å². The monoisotopic (exact) mass is 192 g/mol. The molecule has 0 unspecified atom stereocenters. The van der Waals surface area contributed by atoms with Crippen LogP contribution in [0.15, 0.2) is 0 Å². The van der Waals surface area contributed by atoms with E-state index in [1.165, 1.54) is 30.5 Å². The zero-order chi connectivity index (χ0) is 9.97. The first kappa shape index (κ1) is 9.40. The van der Waals surface area contributed by atoms with Crippen LogP contribution in [0.4, 0.5) is 5.95 Å². The van der Waals surface area contributed by atoms with Crippen molar-refractivity contribution < 1.29 is 0 Å². The highest BCUT2D eigenvalue weighted by molar-refractivity contribution is 5.34. The summed E-state index contributed by atoms with van der Waals surface area (Å²) in [5.74, 6) is 5.86. The number of hydrogen-bond acceptors (Lipinski definition) is 4. The molecule has 0 aromatic carbocycles. The van der Waals surface area contributed by atoms with Crippen LogP contribution in [0, 0.1) is 6.92 Å². The lowest BCUT2D eigenvalue weighted by Crippen LogP contribution is -2.13. The van der Waals surface area contributed by atoms with Crippen LogP contribution in [0.2, 0.25) is 0 Å². The fraction of sp³-hybridized carbons (Fsp3) is 0.600. The second-order valence-electron chi connectivity index (χ2n) is 3.76. The lowest BCUT2D eigenvalue weighted by atomic mass is 10.1. The predicted molar refractivity (Wildman–Crippen MR) is 55.8 cm³/mol. The molecule has 0 atom stereocenters. The van der Waals surface area contributed by atoms with Gasteiger partial charge in [0.05, 0.1) is 0 Å². The average Bonchev–Trinajstić information content (AvgIpc) is 2.42. The number of hydrazine groups is 1. The van der Waals surface area contributed by atoms with E-state index in [-0.39, 0.29) is 0 Å². The van der Waals surface area contributed by atoms with Crippen molar-refractivity contribution in [2.45, 2.75) is 39.0 Å². The van der Waals surface area contributed by atoms with Gasteiger partial charge in [0.1, 0.15) is 0 Å². The molecule has 14 heavy (non-hydrogen) atoms. The first-order valence-electron chi connectivity index (χ1n) is 5.14. The number of hydrogen-bond donors (Lipinski definition) is 2. The Morgan fingerprint density at radius 3 is 2.71 bits per heavy atom. The van der Waals surface area contributed by atoms with Gasteiger partial charge in [-0.05, 0) is 38.2 Å². The lowest BCUT2D eigenvalue weighted by Gasteiger charge is -2.09. The van der Waals surface area contributed by atoms with E-state index < -0.39 is 0 Å². The summed E-state index contributed by atoms with van der Waals surface area (Å²) in [4.78, 5) is 8.70. The second kappa shape index (κ2) is 3.92. The third kappa shape index (κ3) is 1.70. The van der Waals surface area contributed by atoms with E-state index in [1.807, 2.05) is 6.92 Å². The zero-order valence-corrected chi connectivity index (χ0v) is 8.51. The summed E-state index contributed by atoms with van der Waals surface area (Å²) < 4.78 is 0. The molecule has 3 N–H and O–H groups in total. The number of nitrogens with one attached hydrogen (secondary N) is 1. The average molecular weight is 192 g/mol. The molecule has 1 aromatic rings. The van der Waals surface area contributed by atoms with Crippen LogP contribution in [0.5, 0.6) is 0 Å². The molecule has 1 aromatic heterocycles. The molecular weight excluding hydrogens is 176 g/mol. The number of anilines is 1.